The third kappa shape index (κ3) is 1.78. The fourth-order valence-corrected chi connectivity index (χ4v) is 2.94. The lowest BCUT2D eigenvalue weighted by Gasteiger charge is -2.07. The predicted molar refractivity (Wildman–Crippen MR) is 55.9 cm³/mol. The van der Waals surface area contributed by atoms with E-state index in [1.807, 2.05) is 12.1 Å². The zero-order chi connectivity index (χ0) is 8.39. The van der Waals surface area contributed by atoms with Gasteiger partial charge in [0.25, 0.3) is 0 Å². The Bertz CT molecular complexity index is 249. The van der Waals surface area contributed by atoms with Gasteiger partial charge in [0.2, 0.25) is 0 Å². The summed E-state index contributed by atoms with van der Waals surface area (Å²) in [6, 6.07) is 8.25. The summed E-state index contributed by atoms with van der Waals surface area (Å²) in [7, 11) is 0. The lowest BCUT2D eigenvalue weighted by molar-refractivity contribution is 0.829. The molecule has 0 bridgehead atoms. The Morgan fingerprint density at radius 3 is 2.58 bits per heavy atom. The van der Waals surface area contributed by atoms with Crippen LogP contribution in [0.3, 0.4) is 0 Å². The first kappa shape index (κ1) is 8.46. The van der Waals surface area contributed by atoms with Crippen LogP contribution >= 0.6 is 23.4 Å². The molecule has 64 valence electrons. The third-order valence-corrected chi connectivity index (χ3v) is 3.86. The molecule has 0 amide bonds. The van der Waals surface area contributed by atoms with Gasteiger partial charge in [0.1, 0.15) is 0 Å². The van der Waals surface area contributed by atoms with E-state index in [0.717, 1.165) is 10.3 Å². The number of hydrogen-bond donors (Lipinski definition) is 0. The average molecular weight is 199 g/mol. The first-order chi connectivity index (χ1) is 5.86. The Hall–Kier alpha value is -0.140. The minimum absolute atomic E-state index is 0.724. The molecule has 2 rings (SSSR count). The summed E-state index contributed by atoms with van der Waals surface area (Å²) in [5, 5.41) is 1.56. The Labute approximate surface area is 82.3 Å². The molecule has 1 saturated heterocycles. The van der Waals surface area contributed by atoms with Gasteiger partial charge in [0.15, 0.2) is 0 Å². The minimum Gasteiger partial charge on any atom is -0.154 e. The van der Waals surface area contributed by atoms with Crippen LogP contribution in [0.1, 0.15) is 23.7 Å². The van der Waals surface area contributed by atoms with Crippen molar-refractivity contribution in [2.45, 2.75) is 18.1 Å². The van der Waals surface area contributed by atoms with Crippen LogP contribution in [0.5, 0.6) is 0 Å². The Morgan fingerprint density at radius 2 is 2.00 bits per heavy atom. The van der Waals surface area contributed by atoms with E-state index >= 15 is 0 Å². The van der Waals surface area contributed by atoms with Gasteiger partial charge in [0.05, 0.1) is 0 Å². The molecule has 0 unspecified atom stereocenters. The summed E-state index contributed by atoms with van der Waals surface area (Å²) in [5.74, 6) is 1.31. The first-order valence-electron chi connectivity index (χ1n) is 4.23. The molecule has 0 nitrogen and oxygen atoms in total. The third-order valence-electron chi connectivity index (χ3n) is 2.17. The fraction of sp³-hybridized carbons (Fsp3) is 0.400. The molecule has 0 spiro atoms. The molecule has 2 heteroatoms. The molecule has 12 heavy (non-hydrogen) atoms. The molecule has 1 aromatic carbocycles. The number of halogens is 1. The molecule has 0 saturated carbocycles. The molecule has 1 aliphatic heterocycles. The summed E-state index contributed by atoms with van der Waals surface area (Å²) < 4.78 is 0. The topological polar surface area (TPSA) is 0 Å². The highest BCUT2D eigenvalue weighted by Gasteiger charge is 2.16. The van der Waals surface area contributed by atoms with Crippen molar-refractivity contribution in [3.63, 3.8) is 0 Å². The highest BCUT2D eigenvalue weighted by molar-refractivity contribution is 7.99. The maximum Gasteiger partial charge on any atom is 0.0406 e. The van der Waals surface area contributed by atoms with Crippen LogP contribution in [0.25, 0.3) is 0 Å². The molecule has 0 aromatic heterocycles. The molecule has 0 N–H and O–H groups in total. The van der Waals surface area contributed by atoms with Crippen molar-refractivity contribution in [3.8, 4) is 0 Å². The van der Waals surface area contributed by atoms with E-state index < -0.39 is 0 Å². The zero-order valence-electron chi connectivity index (χ0n) is 6.79. The molecule has 1 aliphatic rings. The van der Waals surface area contributed by atoms with Crippen molar-refractivity contribution < 1.29 is 0 Å². The van der Waals surface area contributed by atoms with Crippen LogP contribution in [0.2, 0.25) is 5.02 Å². The lowest BCUT2D eigenvalue weighted by atomic mass is 10.1. The van der Waals surface area contributed by atoms with Gasteiger partial charge in [-0.2, -0.15) is 11.8 Å². The molecular weight excluding hydrogens is 188 g/mol. The monoisotopic (exact) mass is 198 g/mol. The van der Waals surface area contributed by atoms with Crippen LogP contribution in [0.15, 0.2) is 24.3 Å². The van der Waals surface area contributed by atoms with Crippen molar-refractivity contribution in [1.29, 1.82) is 0 Å². The van der Waals surface area contributed by atoms with Crippen molar-refractivity contribution in [2.24, 2.45) is 0 Å². The highest BCUT2D eigenvalue weighted by atomic mass is 35.5. The van der Waals surface area contributed by atoms with Crippen LogP contribution in [0.4, 0.5) is 0 Å². The van der Waals surface area contributed by atoms with Gasteiger partial charge in [-0.3, -0.25) is 0 Å². The van der Waals surface area contributed by atoms with Gasteiger partial charge in [-0.15, -0.1) is 0 Å². The second kappa shape index (κ2) is 3.71. The zero-order valence-corrected chi connectivity index (χ0v) is 8.37. The predicted octanol–water partition coefficient (Wildman–Crippen LogP) is 3.91. The van der Waals surface area contributed by atoms with Gasteiger partial charge in [-0.05, 0) is 36.3 Å². The maximum absolute atomic E-state index is 5.81. The van der Waals surface area contributed by atoms with E-state index in [1.54, 1.807) is 0 Å². The average Bonchev–Trinajstić information content (AvgIpc) is 2.58. The van der Waals surface area contributed by atoms with Crippen molar-refractivity contribution >= 4 is 23.4 Å². The standard InChI is InChI=1S/C10H11ClS/c11-9-5-3-8(4-6-9)10-2-1-7-12-10/h3-6,10H,1-2,7H2/t10-/m0/s1. The molecule has 1 heterocycles. The van der Waals surface area contributed by atoms with Crippen molar-refractivity contribution in [2.75, 3.05) is 5.75 Å². The quantitative estimate of drug-likeness (QED) is 0.660. The summed E-state index contributed by atoms with van der Waals surface area (Å²) >= 11 is 7.87. The van der Waals surface area contributed by atoms with E-state index in [0.29, 0.717) is 0 Å². The maximum atomic E-state index is 5.81. The van der Waals surface area contributed by atoms with Gasteiger partial charge in [-0.25, -0.2) is 0 Å². The Balaban J connectivity index is 2.17. The minimum atomic E-state index is 0.724. The molecular formula is C10H11ClS. The van der Waals surface area contributed by atoms with E-state index in [9.17, 15) is 0 Å². The van der Waals surface area contributed by atoms with E-state index in [4.69, 9.17) is 11.6 Å². The van der Waals surface area contributed by atoms with E-state index in [2.05, 4.69) is 23.9 Å². The molecule has 1 atom stereocenters. The van der Waals surface area contributed by atoms with Gasteiger partial charge >= 0.3 is 0 Å². The molecule has 0 aliphatic carbocycles. The molecule has 0 radical (unpaired) electrons. The van der Waals surface area contributed by atoms with Gasteiger partial charge < -0.3 is 0 Å². The normalized spacial score (nSPS) is 22.9. The summed E-state index contributed by atoms with van der Waals surface area (Å²) in [6.45, 7) is 0. The fourth-order valence-electron chi connectivity index (χ4n) is 1.52. The summed E-state index contributed by atoms with van der Waals surface area (Å²) in [5.41, 5.74) is 1.43. The van der Waals surface area contributed by atoms with Crippen LogP contribution in [-0.4, -0.2) is 5.75 Å². The number of thioether (sulfide) groups is 1. The van der Waals surface area contributed by atoms with Gasteiger partial charge in [-0.1, -0.05) is 23.7 Å². The van der Waals surface area contributed by atoms with Crippen molar-refractivity contribution in [1.82, 2.24) is 0 Å². The lowest BCUT2D eigenvalue weighted by Crippen LogP contribution is -1.86. The largest absolute Gasteiger partial charge is 0.154 e. The van der Waals surface area contributed by atoms with E-state index in [1.165, 1.54) is 24.2 Å². The number of benzene rings is 1. The van der Waals surface area contributed by atoms with Crippen LogP contribution in [0, 0.1) is 0 Å². The second-order valence-electron chi connectivity index (χ2n) is 3.05. The summed E-state index contributed by atoms with van der Waals surface area (Å²) in [6.07, 6.45) is 2.68. The van der Waals surface area contributed by atoms with Gasteiger partial charge in [0, 0.05) is 10.3 Å². The second-order valence-corrected chi connectivity index (χ2v) is 4.80. The van der Waals surface area contributed by atoms with Crippen molar-refractivity contribution in [3.05, 3.63) is 34.9 Å². The smallest absolute Gasteiger partial charge is 0.0406 e. The first-order valence-corrected chi connectivity index (χ1v) is 5.66. The molecule has 1 aromatic rings. The Morgan fingerprint density at radius 1 is 1.25 bits per heavy atom. The summed E-state index contributed by atoms with van der Waals surface area (Å²) in [4.78, 5) is 0. The van der Waals surface area contributed by atoms with Crippen LogP contribution < -0.4 is 0 Å². The highest BCUT2D eigenvalue weighted by Crippen LogP contribution is 2.39. The number of hydrogen-bond acceptors (Lipinski definition) is 1. The van der Waals surface area contributed by atoms with E-state index in [-0.39, 0.29) is 0 Å². The molecule has 1 fully saturated rings. The Kier molecular flexibility index (Phi) is 2.62. The SMILES string of the molecule is Clc1ccc([C@@H]2CCCS2)cc1. The van der Waals surface area contributed by atoms with Crippen LogP contribution in [-0.2, 0) is 0 Å². The number of rotatable bonds is 1.